The minimum absolute atomic E-state index is 0.159. The number of benzene rings is 4. The summed E-state index contributed by atoms with van der Waals surface area (Å²) in [6, 6.07) is 25.6. The number of carbonyl (C=O) groups is 3. The lowest BCUT2D eigenvalue weighted by Crippen LogP contribution is -2.43. The molecule has 1 aliphatic rings. The topological polar surface area (TPSA) is 97.0 Å². The van der Waals surface area contributed by atoms with Crippen molar-refractivity contribution in [3.8, 4) is 5.75 Å². The maximum absolute atomic E-state index is 13.6. The molecule has 208 valence electrons. The first kappa shape index (κ1) is 27.4. The average molecular weight is 554 g/mol. The molecule has 0 unspecified atom stereocenters. The van der Waals surface area contributed by atoms with E-state index in [1.54, 1.807) is 48.5 Å². The van der Waals surface area contributed by atoms with Crippen LogP contribution >= 0.6 is 0 Å². The molecule has 4 aromatic rings. The van der Waals surface area contributed by atoms with Gasteiger partial charge in [-0.1, -0.05) is 48.0 Å². The van der Waals surface area contributed by atoms with Crippen LogP contribution in [0.3, 0.4) is 0 Å². The van der Waals surface area contributed by atoms with Gasteiger partial charge in [0.25, 0.3) is 11.8 Å². The number of rotatable bonds is 8. The summed E-state index contributed by atoms with van der Waals surface area (Å²) in [6.45, 7) is 2.12. The standard InChI is InChI=1S/C32H28FN3O5/c1-20-6-8-21(9-7-20)19-36-28(31(38)35-26-16-12-24(33)13-17-26)29(41-32(36)39)22-10-14-25(15-11-22)34-30(37)23-4-3-5-27(18-23)40-2/h3-18,28-29H,19H2,1-2H3,(H,34,37)(H,35,38)/t28-,29-/m1/s1. The van der Waals surface area contributed by atoms with Crippen molar-refractivity contribution in [2.75, 3.05) is 17.7 Å². The summed E-state index contributed by atoms with van der Waals surface area (Å²) >= 11 is 0. The van der Waals surface area contributed by atoms with Crippen molar-refractivity contribution in [3.63, 3.8) is 0 Å². The Balaban J connectivity index is 1.38. The lowest BCUT2D eigenvalue weighted by molar-refractivity contribution is -0.121. The molecule has 8 nitrogen and oxygen atoms in total. The van der Waals surface area contributed by atoms with Gasteiger partial charge < -0.3 is 20.1 Å². The van der Waals surface area contributed by atoms with Crippen LogP contribution in [0.2, 0.25) is 0 Å². The number of hydrogen-bond acceptors (Lipinski definition) is 5. The van der Waals surface area contributed by atoms with Crippen molar-refractivity contribution in [1.82, 2.24) is 4.90 Å². The van der Waals surface area contributed by atoms with Gasteiger partial charge >= 0.3 is 6.09 Å². The highest BCUT2D eigenvalue weighted by Gasteiger charge is 2.47. The van der Waals surface area contributed by atoms with Crippen molar-refractivity contribution in [1.29, 1.82) is 0 Å². The number of hydrogen-bond donors (Lipinski definition) is 2. The molecule has 0 bridgehead atoms. The van der Waals surface area contributed by atoms with Crippen molar-refractivity contribution in [2.24, 2.45) is 0 Å². The SMILES string of the molecule is COc1cccc(C(=O)Nc2ccc([C@H]3OC(=O)N(Cc4ccc(C)cc4)[C@H]3C(=O)Nc3ccc(F)cc3)cc2)c1. The smallest absolute Gasteiger partial charge is 0.411 e. The maximum Gasteiger partial charge on any atom is 0.411 e. The van der Waals surface area contributed by atoms with Gasteiger partial charge in [0.15, 0.2) is 12.1 Å². The molecular formula is C32H28FN3O5. The number of amides is 3. The second kappa shape index (κ2) is 11.9. The first-order chi connectivity index (χ1) is 19.8. The van der Waals surface area contributed by atoms with Crippen LogP contribution in [0.25, 0.3) is 0 Å². The van der Waals surface area contributed by atoms with Crippen LogP contribution in [-0.2, 0) is 16.1 Å². The molecule has 1 fully saturated rings. The van der Waals surface area contributed by atoms with E-state index in [1.165, 1.54) is 36.3 Å². The molecule has 0 aromatic heterocycles. The molecule has 4 aromatic carbocycles. The van der Waals surface area contributed by atoms with E-state index in [-0.39, 0.29) is 12.5 Å². The minimum atomic E-state index is -1.01. The molecule has 5 rings (SSSR count). The third-order valence-electron chi connectivity index (χ3n) is 6.77. The molecule has 0 spiro atoms. The van der Waals surface area contributed by atoms with Crippen molar-refractivity contribution in [2.45, 2.75) is 25.6 Å². The maximum atomic E-state index is 13.6. The second-order valence-corrected chi connectivity index (χ2v) is 9.67. The zero-order chi connectivity index (χ0) is 28.9. The lowest BCUT2D eigenvalue weighted by Gasteiger charge is -2.24. The molecule has 1 heterocycles. The van der Waals surface area contributed by atoms with Gasteiger partial charge in [-0.25, -0.2) is 9.18 Å². The third-order valence-corrected chi connectivity index (χ3v) is 6.77. The average Bonchev–Trinajstić information content (AvgIpc) is 3.31. The Bertz CT molecular complexity index is 1560. The van der Waals surface area contributed by atoms with Crippen molar-refractivity contribution >= 4 is 29.3 Å². The normalized spacial score (nSPS) is 16.2. The van der Waals surface area contributed by atoms with Gasteiger partial charge in [0.1, 0.15) is 11.6 Å². The Morgan fingerprint density at radius 1 is 0.902 bits per heavy atom. The molecule has 3 amide bonds. The van der Waals surface area contributed by atoms with Crippen molar-refractivity contribution < 1.29 is 28.2 Å². The van der Waals surface area contributed by atoms with Gasteiger partial charge in [0, 0.05) is 16.9 Å². The summed E-state index contributed by atoms with van der Waals surface area (Å²) in [7, 11) is 1.53. The summed E-state index contributed by atoms with van der Waals surface area (Å²) in [6.07, 6.45) is -1.55. The predicted molar refractivity (Wildman–Crippen MR) is 152 cm³/mol. The first-order valence-corrected chi connectivity index (χ1v) is 13.0. The van der Waals surface area contributed by atoms with E-state index in [0.29, 0.717) is 28.3 Å². The number of anilines is 2. The molecule has 1 aliphatic heterocycles. The number of cyclic esters (lactones) is 1. The molecule has 0 radical (unpaired) electrons. The van der Waals surface area contributed by atoms with Crippen LogP contribution in [0.4, 0.5) is 20.6 Å². The summed E-state index contributed by atoms with van der Waals surface area (Å²) < 4.78 is 24.3. The number of nitrogens with zero attached hydrogens (tertiary/aromatic N) is 1. The number of ether oxygens (including phenoxy) is 2. The molecule has 2 N–H and O–H groups in total. The highest BCUT2D eigenvalue weighted by Crippen LogP contribution is 2.35. The third kappa shape index (κ3) is 6.36. The lowest BCUT2D eigenvalue weighted by atomic mass is 10.00. The number of nitrogens with one attached hydrogen (secondary N) is 2. The quantitative estimate of drug-likeness (QED) is 0.275. The number of halogens is 1. The van der Waals surface area contributed by atoms with Gasteiger partial charge in [0.2, 0.25) is 0 Å². The van der Waals surface area contributed by atoms with E-state index >= 15 is 0 Å². The number of methoxy groups -OCH3 is 1. The molecule has 1 saturated heterocycles. The van der Waals surface area contributed by atoms with Crippen LogP contribution in [0, 0.1) is 12.7 Å². The van der Waals surface area contributed by atoms with E-state index in [1.807, 2.05) is 31.2 Å². The highest BCUT2D eigenvalue weighted by molar-refractivity contribution is 6.04. The predicted octanol–water partition coefficient (Wildman–Crippen LogP) is 6.10. The van der Waals surface area contributed by atoms with Gasteiger partial charge in [-0.15, -0.1) is 0 Å². The van der Waals surface area contributed by atoms with Gasteiger partial charge in [-0.05, 0) is 72.6 Å². The summed E-state index contributed by atoms with van der Waals surface area (Å²) in [5, 5.41) is 5.61. The largest absolute Gasteiger partial charge is 0.497 e. The van der Waals surface area contributed by atoms with E-state index < -0.39 is 30.0 Å². The Labute approximate surface area is 236 Å². The molecule has 0 aliphatic carbocycles. The highest BCUT2D eigenvalue weighted by atomic mass is 19.1. The van der Waals surface area contributed by atoms with Crippen LogP contribution in [0.1, 0.15) is 33.2 Å². The van der Waals surface area contributed by atoms with Gasteiger partial charge in [-0.3, -0.25) is 14.5 Å². The molecular weight excluding hydrogens is 525 g/mol. The summed E-state index contributed by atoms with van der Waals surface area (Å²) in [4.78, 5) is 40.7. The zero-order valence-corrected chi connectivity index (χ0v) is 22.5. The first-order valence-electron chi connectivity index (χ1n) is 13.0. The second-order valence-electron chi connectivity index (χ2n) is 9.67. The minimum Gasteiger partial charge on any atom is -0.497 e. The van der Waals surface area contributed by atoms with Crippen LogP contribution < -0.4 is 15.4 Å². The summed E-state index contributed by atoms with van der Waals surface area (Å²) in [5.74, 6) is -0.657. The van der Waals surface area contributed by atoms with E-state index in [0.717, 1.165) is 11.1 Å². The Morgan fingerprint density at radius 3 is 2.24 bits per heavy atom. The van der Waals surface area contributed by atoms with Gasteiger partial charge in [0.05, 0.1) is 13.7 Å². The fourth-order valence-electron chi connectivity index (χ4n) is 4.57. The van der Waals surface area contributed by atoms with Crippen LogP contribution in [-0.4, -0.2) is 36.0 Å². The van der Waals surface area contributed by atoms with E-state index in [9.17, 15) is 18.8 Å². The monoisotopic (exact) mass is 553 g/mol. The van der Waals surface area contributed by atoms with E-state index in [2.05, 4.69) is 10.6 Å². The molecule has 0 saturated carbocycles. The number of carbonyl (C=O) groups excluding carboxylic acids is 3. The molecule has 2 atom stereocenters. The molecule has 41 heavy (non-hydrogen) atoms. The zero-order valence-electron chi connectivity index (χ0n) is 22.5. The molecule has 9 heteroatoms. The Morgan fingerprint density at radius 2 is 1.56 bits per heavy atom. The fraction of sp³-hybridized carbons (Fsp3) is 0.156. The van der Waals surface area contributed by atoms with Gasteiger partial charge in [-0.2, -0.15) is 0 Å². The summed E-state index contributed by atoms with van der Waals surface area (Å²) in [5.41, 5.74) is 3.82. The number of aryl methyl sites for hydroxylation is 1. The van der Waals surface area contributed by atoms with Crippen LogP contribution in [0.15, 0.2) is 97.1 Å². The van der Waals surface area contributed by atoms with Crippen molar-refractivity contribution in [3.05, 3.63) is 125 Å². The Hall–Kier alpha value is -5.18. The van der Waals surface area contributed by atoms with E-state index in [4.69, 9.17) is 9.47 Å². The fourth-order valence-corrected chi connectivity index (χ4v) is 4.57. The van der Waals surface area contributed by atoms with Crippen LogP contribution in [0.5, 0.6) is 5.75 Å². The Kier molecular flexibility index (Phi) is 7.96.